The number of rotatable bonds is 6. The molecule has 21 heavy (non-hydrogen) atoms. The van der Waals surface area contributed by atoms with Crippen LogP contribution in [0.15, 0.2) is 16.3 Å². The van der Waals surface area contributed by atoms with Crippen LogP contribution in [0.1, 0.15) is 41.8 Å². The van der Waals surface area contributed by atoms with Crippen LogP contribution in [0.2, 0.25) is 0 Å². The number of carboxylic acid groups (broad SMARTS) is 1. The van der Waals surface area contributed by atoms with Gasteiger partial charge >= 0.3 is 5.97 Å². The van der Waals surface area contributed by atoms with Gasteiger partial charge in [0.05, 0.1) is 4.90 Å². The maximum absolute atomic E-state index is 12.3. The van der Waals surface area contributed by atoms with Gasteiger partial charge in [-0.05, 0) is 25.2 Å². The molecule has 1 fully saturated rings. The number of hydrogen-bond donors (Lipinski definition) is 2. The fraction of sp³-hybridized carbons (Fsp3) is 0.615. The highest BCUT2D eigenvalue weighted by Crippen LogP contribution is 2.38. The summed E-state index contributed by atoms with van der Waals surface area (Å²) in [6, 6.07) is 1.21. The summed E-state index contributed by atoms with van der Waals surface area (Å²) in [5.41, 5.74) is 0. The van der Waals surface area contributed by atoms with E-state index in [0.717, 1.165) is 37.0 Å². The topological polar surface area (TPSA) is 83.5 Å². The van der Waals surface area contributed by atoms with Crippen molar-refractivity contribution < 1.29 is 18.3 Å². The molecule has 5 nitrogen and oxygen atoms in total. The van der Waals surface area contributed by atoms with Gasteiger partial charge in [0.2, 0.25) is 10.0 Å². The van der Waals surface area contributed by atoms with Crippen molar-refractivity contribution in [1.29, 1.82) is 0 Å². The first-order chi connectivity index (χ1) is 9.88. The van der Waals surface area contributed by atoms with E-state index in [1.807, 2.05) is 6.26 Å². The Balaban J connectivity index is 2.07. The molecule has 1 aliphatic carbocycles. The van der Waals surface area contributed by atoms with Gasteiger partial charge in [0.15, 0.2) is 0 Å². The maximum atomic E-state index is 12.3. The fourth-order valence-electron chi connectivity index (χ4n) is 2.53. The minimum absolute atomic E-state index is 0.0308. The largest absolute Gasteiger partial charge is 0.477 e. The zero-order chi connectivity index (χ0) is 15.5. The predicted molar refractivity (Wildman–Crippen MR) is 85.8 cm³/mol. The zero-order valence-corrected chi connectivity index (χ0v) is 14.2. The first-order valence-electron chi connectivity index (χ1n) is 6.75. The number of thiophene rings is 1. The lowest BCUT2D eigenvalue weighted by atomic mass is 9.88. The number of aromatic carboxylic acids is 1. The minimum Gasteiger partial charge on any atom is -0.477 e. The number of hydrogen-bond acceptors (Lipinski definition) is 5. The number of carboxylic acids is 1. The molecule has 0 aromatic carbocycles. The van der Waals surface area contributed by atoms with Crippen LogP contribution in [0.4, 0.5) is 0 Å². The normalized spacial score (nSPS) is 18.5. The molecule has 0 bridgehead atoms. The van der Waals surface area contributed by atoms with E-state index < -0.39 is 16.0 Å². The van der Waals surface area contributed by atoms with E-state index in [1.54, 1.807) is 11.8 Å². The van der Waals surface area contributed by atoms with Crippen molar-refractivity contribution in [3.8, 4) is 0 Å². The Morgan fingerprint density at radius 2 is 2.10 bits per heavy atom. The third-order valence-electron chi connectivity index (χ3n) is 3.88. The van der Waals surface area contributed by atoms with Crippen molar-refractivity contribution in [2.45, 2.75) is 41.7 Å². The van der Waals surface area contributed by atoms with Gasteiger partial charge in [-0.15, -0.1) is 11.3 Å². The Hall–Kier alpha value is -0.570. The van der Waals surface area contributed by atoms with E-state index in [1.165, 1.54) is 17.9 Å². The molecule has 1 saturated carbocycles. The second-order valence-corrected chi connectivity index (χ2v) is 9.18. The summed E-state index contributed by atoms with van der Waals surface area (Å²) >= 11 is 2.65. The number of nitrogens with one attached hydrogen (secondary N) is 1. The molecule has 0 radical (unpaired) electrons. The maximum Gasteiger partial charge on any atom is 0.345 e. The summed E-state index contributed by atoms with van der Waals surface area (Å²) in [7, 11) is -3.64. The first kappa shape index (κ1) is 16.8. The highest BCUT2D eigenvalue weighted by Gasteiger charge is 2.32. The second-order valence-electron chi connectivity index (χ2n) is 5.22. The van der Waals surface area contributed by atoms with Gasteiger partial charge in [0.25, 0.3) is 0 Å². The van der Waals surface area contributed by atoms with Crippen LogP contribution in [0.3, 0.4) is 0 Å². The molecule has 2 N–H and O–H groups in total. The minimum atomic E-state index is -3.64. The molecule has 1 aliphatic rings. The lowest BCUT2D eigenvalue weighted by Gasteiger charge is -2.35. The zero-order valence-electron chi connectivity index (χ0n) is 11.8. The summed E-state index contributed by atoms with van der Waals surface area (Å²) in [5.74, 6) is -1.10. The monoisotopic (exact) mass is 349 g/mol. The molecule has 0 unspecified atom stereocenters. The van der Waals surface area contributed by atoms with Crippen LogP contribution < -0.4 is 4.72 Å². The molecular formula is C13H19NO4S3. The van der Waals surface area contributed by atoms with Crippen molar-refractivity contribution in [1.82, 2.24) is 4.72 Å². The van der Waals surface area contributed by atoms with Crippen LogP contribution in [0, 0.1) is 0 Å². The Kier molecular flexibility index (Phi) is 5.34. The van der Waals surface area contributed by atoms with Gasteiger partial charge in [-0.25, -0.2) is 17.9 Å². The Bertz CT molecular complexity index is 603. The molecule has 0 atom stereocenters. The molecule has 1 aromatic rings. The Morgan fingerprint density at radius 1 is 1.43 bits per heavy atom. The molecule has 2 rings (SSSR count). The van der Waals surface area contributed by atoms with Crippen molar-refractivity contribution in [2.75, 3.05) is 12.8 Å². The highest BCUT2D eigenvalue weighted by molar-refractivity contribution is 8.00. The standard InChI is InChI=1S/C13H19NO4S3/c1-19-13(5-3-2-4-6-13)9-14-21(17,18)10-7-11(12(15)16)20-8-10/h7-8,14H,2-6,9H2,1H3,(H,15,16). The van der Waals surface area contributed by atoms with Crippen molar-refractivity contribution in [2.24, 2.45) is 0 Å². The van der Waals surface area contributed by atoms with Crippen LogP contribution in [-0.2, 0) is 10.0 Å². The van der Waals surface area contributed by atoms with E-state index in [0.29, 0.717) is 6.54 Å². The third-order valence-corrected chi connectivity index (χ3v) is 7.75. The Labute approximate surface area is 133 Å². The van der Waals surface area contributed by atoms with E-state index >= 15 is 0 Å². The van der Waals surface area contributed by atoms with Crippen molar-refractivity contribution >= 4 is 39.1 Å². The first-order valence-corrected chi connectivity index (χ1v) is 10.3. The second kappa shape index (κ2) is 6.68. The van der Waals surface area contributed by atoms with Gasteiger partial charge in [-0.3, -0.25) is 0 Å². The molecular weight excluding hydrogens is 330 g/mol. The lowest BCUT2D eigenvalue weighted by molar-refractivity contribution is 0.0702. The van der Waals surface area contributed by atoms with Gasteiger partial charge in [0.1, 0.15) is 4.88 Å². The molecule has 1 heterocycles. The van der Waals surface area contributed by atoms with E-state index in [4.69, 9.17) is 5.11 Å². The molecule has 0 aliphatic heterocycles. The Morgan fingerprint density at radius 3 is 2.62 bits per heavy atom. The molecule has 0 amide bonds. The summed E-state index contributed by atoms with van der Waals surface area (Å²) in [6.07, 6.45) is 7.52. The van der Waals surface area contributed by atoms with E-state index in [2.05, 4.69) is 4.72 Å². The smallest absolute Gasteiger partial charge is 0.345 e. The SMILES string of the molecule is CSC1(CNS(=O)(=O)c2csc(C(=O)O)c2)CCCCC1. The van der Waals surface area contributed by atoms with Crippen LogP contribution in [-0.4, -0.2) is 37.0 Å². The molecule has 0 spiro atoms. The summed E-state index contributed by atoms with van der Waals surface area (Å²) in [6.45, 7) is 0.398. The quantitative estimate of drug-likeness (QED) is 0.825. The fourth-order valence-corrected chi connectivity index (χ4v) is 5.77. The summed E-state index contributed by atoms with van der Waals surface area (Å²) < 4.78 is 27.1. The van der Waals surface area contributed by atoms with Crippen molar-refractivity contribution in [3.05, 3.63) is 16.3 Å². The lowest BCUT2D eigenvalue weighted by Crippen LogP contribution is -2.41. The number of carbonyl (C=O) groups is 1. The summed E-state index contributed by atoms with van der Waals surface area (Å²) in [4.78, 5) is 10.9. The van der Waals surface area contributed by atoms with Gasteiger partial charge in [-0.2, -0.15) is 11.8 Å². The third kappa shape index (κ3) is 4.00. The van der Waals surface area contributed by atoms with Crippen LogP contribution in [0.5, 0.6) is 0 Å². The molecule has 1 aromatic heterocycles. The van der Waals surface area contributed by atoms with Gasteiger partial charge in [-0.1, -0.05) is 19.3 Å². The predicted octanol–water partition coefficient (Wildman–Crippen LogP) is 2.79. The average molecular weight is 349 g/mol. The highest BCUT2D eigenvalue weighted by atomic mass is 32.2. The van der Waals surface area contributed by atoms with Gasteiger partial charge in [0, 0.05) is 16.7 Å². The van der Waals surface area contributed by atoms with Crippen molar-refractivity contribution in [3.63, 3.8) is 0 Å². The molecule has 118 valence electrons. The number of sulfonamides is 1. The average Bonchev–Trinajstić information content (AvgIpc) is 2.97. The molecule has 0 saturated heterocycles. The summed E-state index contributed by atoms with van der Waals surface area (Å²) in [5, 5.41) is 10.2. The van der Waals surface area contributed by atoms with Gasteiger partial charge < -0.3 is 5.11 Å². The van der Waals surface area contributed by atoms with Crippen LogP contribution in [0.25, 0.3) is 0 Å². The number of thioether (sulfide) groups is 1. The van der Waals surface area contributed by atoms with E-state index in [9.17, 15) is 13.2 Å². The van der Waals surface area contributed by atoms with Crippen LogP contribution >= 0.6 is 23.1 Å². The van der Waals surface area contributed by atoms with E-state index in [-0.39, 0.29) is 14.5 Å². The molecule has 8 heteroatoms.